The molecule has 1 aliphatic heterocycles. The van der Waals surface area contributed by atoms with Crippen LogP contribution in [-0.4, -0.2) is 31.3 Å². The van der Waals surface area contributed by atoms with E-state index in [0.29, 0.717) is 22.7 Å². The van der Waals surface area contributed by atoms with Crippen LogP contribution < -0.4 is 0 Å². The molecule has 0 radical (unpaired) electrons. The molecule has 0 saturated carbocycles. The van der Waals surface area contributed by atoms with Gasteiger partial charge in [0, 0.05) is 33.0 Å². The third-order valence-corrected chi connectivity index (χ3v) is 13.2. The number of hydrogen-bond acceptors (Lipinski definition) is 6. The summed E-state index contributed by atoms with van der Waals surface area (Å²) in [4.78, 5) is 21.1. The van der Waals surface area contributed by atoms with E-state index in [1.807, 2.05) is 42.1 Å². The van der Waals surface area contributed by atoms with Gasteiger partial charge in [0.15, 0.2) is 17.5 Å². The fraction of sp³-hybridized carbons (Fsp3) is 0.0566. The van der Waals surface area contributed by atoms with E-state index >= 15 is 0 Å². The Labute approximate surface area is 345 Å². The highest BCUT2D eigenvalue weighted by Gasteiger charge is 2.47. The van der Waals surface area contributed by atoms with Crippen LogP contribution in [0.15, 0.2) is 204 Å². The van der Waals surface area contributed by atoms with Crippen LogP contribution in [-0.2, 0) is 5.41 Å². The molecule has 2 atom stereocenters. The molecule has 0 bridgehead atoms. The minimum absolute atomic E-state index is 0.157. The smallest absolute Gasteiger partial charge is 0.164 e. The fourth-order valence-electron chi connectivity index (χ4n) is 9.40. The van der Waals surface area contributed by atoms with Gasteiger partial charge >= 0.3 is 0 Å². The number of aromatic nitrogens is 3. The molecular formula is C53H34N4OS. The molecule has 7 aromatic carbocycles. The van der Waals surface area contributed by atoms with Crippen molar-refractivity contribution in [3.63, 3.8) is 0 Å². The topological polar surface area (TPSA) is 64.2 Å². The Hall–Kier alpha value is -7.15. The minimum atomic E-state index is -0.548. The number of nitrogens with zero attached hydrogens (tertiary/aromatic N) is 4. The average molecular weight is 775 g/mol. The molecule has 0 saturated heterocycles. The first-order valence-corrected chi connectivity index (χ1v) is 20.8. The molecule has 5 nitrogen and oxygen atoms in total. The number of hydrogen-bond donors (Lipinski definition) is 0. The normalized spacial score (nSPS) is 17.2. The largest absolute Gasteiger partial charge is 0.456 e. The zero-order valence-corrected chi connectivity index (χ0v) is 32.6. The van der Waals surface area contributed by atoms with E-state index in [0.717, 1.165) is 54.8 Å². The number of thioether (sulfide) groups is 1. The Morgan fingerprint density at radius 2 is 1.12 bits per heavy atom. The van der Waals surface area contributed by atoms with Gasteiger partial charge in [-0.15, -0.1) is 0 Å². The molecule has 2 aliphatic carbocycles. The Morgan fingerprint density at radius 1 is 0.492 bits per heavy atom. The second-order valence-corrected chi connectivity index (χ2v) is 16.4. The van der Waals surface area contributed by atoms with Gasteiger partial charge in [-0.25, -0.2) is 15.0 Å². The zero-order chi connectivity index (χ0) is 38.9. The van der Waals surface area contributed by atoms with E-state index in [4.69, 9.17) is 24.4 Å². The van der Waals surface area contributed by atoms with Gasteiger partial charge in [-0.3, -0.25) is 4.99 Å². The van der Waals surface area contributed by atoms with E-state index in [2.05, 4.69) is 164 Å². The first-order chi connectivity index (χ1) is 29.2. The predicted octanol–water partition coefficient (Wildman–Crippen LogP) is 12.5. The molecule has 0 spiro atoms. The van der Waals surface area contributed by atoms with Gasteiger partial charge in [-0.1, -0.05) is 182 Å². The van der Waals surface area contributed by atoms with Crippen LogP contribution >= 0.6 is 11.8 Å². The molecule has 0 N–H and O–H groups in total. The van der Waals surface area contributed by atoms with Crippen LogP contribution in [0.1, 0.15) is 27.8 Å². The van der Waals surface area contributed by atoms with Crippen molar-refractivity contribution in [2.24, 2.45) is 4.99 Å². The van der Waals surface area contributed by atoms with Crippen molar-refractivity contribution in [1.29, 1.82) is 0 Å². The SMILES string of the molecule is C1=CC2N=C(c3ccc4oc5cccc(-c6nc(-c7ccccc7)nc(-c7cccc8c7-c7ccccc7C8(c7ccccc7)c7ccccc7)n6)c5c4c3)SC2C=C1. The summed E-state index contributed by atoms with van der Waals surface area (Å²) in [7, 11) is 0. The molecular weight excluding hydrogens is 741 g/mol. The first-order valence-electron chi connectivity index (χ1n) is 20.0. The van der Waals surface area contributed by atoms with E-state index < -0.39 is 5.41 Å². The first kappa shape index (κ1) is 33.9. The van der Waals surface area contributed by atoms with Crippen molar-refractivity contribution >= 4 is 38.7 Å². The van der Waals surface area contributed by atoms with E-state index in [9.17, 15) is 0 Å². The van der Waals surface area contributed by atoms with Crippen molar-refractivity contribution in [2.45, 2.75) is 16.7 Å². The van der Waals surface area contributed by atoms with Gasteiger partial charge in [-0.2, -0.15) is 0 Å². The van der Waals surface area contributed by atoms with Crippen molar-refractivity contribution in [1.82, 2.24) is 15.0 Å². The summed E-state index contributed by atoms with van der Waals surface area (Å²) in [5.41, 5.74) is 12.0. The lowest BCUT2D eigenvalue weighted by molar-refractivity contribution is 0.669. The van der Waals surface area contributed by atoms with Crippen molar-refractivity contribution in [2.75, 3.05) is 0 Å². The molecule has 278 valence electrons. The maximum Gasteiger partial charge on any atom is 0.164 e. The van der Waals surface area contributed by atoms with Gasteiger partial charge in [0.05, 0.1) is 21.8 Å². The standard InChI is InChI=1S/C53H34N4OS/c1-4-16-33(17-5-1)49-55-50(38-23-14-26-42-47(38)37-22-10-11-25-41(37)53(42,35-18-6-2-7-19-35)36-20-8-3-9-21-36)57-51(56-49)39-24-15-28-45-48(39)40-32-34(30-31-44(40)58-45)52-54-43-27-12-13-29-46(43)59-52/h1-32,43,46H. The number of fused-ring (bicyclic) bond motifs is 7. The highest BCUT2D eigenvalue weighted by Crippen LogP contribution is 2.58. The van der Waals surface area contributed by atoms with Crippen LogP contribution in [0.4, 0.5) is 0 Å². The Bertz CT molecular complexity index is 3170. The van der Waals surface area contributed by atoms with E-state index in [1.54, 1.807) is 0 Å². The number of furan rings is 1. The summed E-state index contributed by atoms with van der Waals surface area (Å²) in [6, 6.07) is 60.1. The van der Waals surface area contributed by atoms with Crippen molar-refractivity contribution in [3.8, 4) is 45.3 Å². The van der Waals surface area contributed by atoms with Crippen molar-refractivity contribution < 1.29 is 4.42 Å². The lowest BCUT2D eigenvalue weighted by atomic mass is 9.67. The summed E-state index contributed by atoms with van der Waals surface area (Å²) in [5.74, 6) is 1.81. The maximum absolute atomic E-state index is 6.52. The molecule has 0 amide bonds. The van der Waals surface area contributed by atoms with Crippen LogP contribution in [0.2, 0.25) is 0 Å². The number of allylic oxidation sites excluding steroid dienone is 2. The van der Waals surface area contributed by atoms with Crippen LogP contribution in [0.25, 0.3) is 67.2 Å². The third-order valence-electron chi connectivity index (χ3n) is 11.9. The molecule has 12 rings (SSSR count). The molecule has 0 fully saturated rings. The van der Waals surface area contributed by atoms with Crippen LogP contribution in [0, 0.1) is 0 Å². The van der Waals surface area contributed by atoms with Gasteiger partial charge in [-0.05, 0) is 57.6 Å². The Morgan fingerprint density at radius 3 is 1.90 bits per heavy atom. The second kappa shape index (κ2) is 13.5. The summed E-state index contributed by atoms with van der Waals surface area (Å²) in [6.45, 7) is 0. The lowest BCUT2D eigenvalue weighted by Crippen LogP contribution is -2.28. The summed E-state index contributed by atoms with van der Waals surface area (Å²) in [5, 5.41) is 3.33. The molecule has 3 aliphatic rings. The summed E-state index contributed by atoms with van der Waals surface area (Å²) < 4.78 is 6.52. The quantitative estimate of drug-likeness (QED) is 0.168. The lowest BCUT2D eigenvalue weighted by Gasteiger charge is -2.33. The van der Waals surface area contributed by atoms with Crippen molar-refractivity contribution in [3.05, 3.63) is 222 Å². The van der Waals surface area contributed by atoms with Gasteiger partial charge in [0.25, 0.3) is 0 Å². The molecule has 2 unspecified atom stereocenters. The van der Waals surface area contributed by atoms with Gasteiger partial charge < -0.3 is 4.42 Å². The summed E-state index contributed by atoms with van der Waals surface area (Å²) in [6.07, 6.45) is 8.62. The average Bonchev–Trinajstić information content (AvgIpc) is 4.00. The Kier molecular flexibility index (Phi) is 7.75. The monoisotopic (exact) mass is 774 g/mol. The molecule has 6 heteroatoms. The third kappa shape index (κ3) is 5.26. The highest BCUT2D eigenvalue weighted by atomic mass is 32.2. The number of aliphatic imine (C=N–C) groups is 1. The van der Waals surface area contributed by atoms with Gasteiger partial charge in [0.2, 0.25) is 0 Å². The second-order valence-electron chi connectivity index (χ2n) is 15.2. The Balaban J connectivity index is 1.10. The number of rotatable bonds is 6. The molecule has 2 aromatic heterocycles. The zero-order valence-electron chi connectivity index (χ0n) is 31.7. The maximum atomic E-state index is 6.52. The van der Waals surface area contributed by atoms with E-state index in [1.165, 1.54) is 27.8 Å². The minimum Gasteiger partial charge on any atom is -0.456 e. The fourth-order valence-corrected chi connectivity index (χ4v) is 10.6. The van der Waals surface area contributed by atoms with Crippen LogP contribution in [0.5, 0.6) is 0 Å². The molecule has 59 heavy (non-hydrogen) atoms. The summed E-state index contributed by atoms with van der Waals surface area (Å²) >= 11 is 1.81. The molecule has 3 heterocycles. The highest BCUT2D eigenvalue weighted by molar-refractivity contribution is 8.15. The number of benzene rings is 7. The molecule has 9 aromatic rings. The van der Waals surface area contributed by atoms with Crippen LogP contribution in [0.3, 0.4) is 0 Å². The predicted molar refractivity (Wildman–Crippen MR) is 241 cm³/mol. The van der Waals surface area contributed by atoms with Gasteiger partial charge in [0.1, 0.15) is 11.2 Å². The van der Waals surface area contributed by atoms with E-state index in [-0.39, 0.29) is 6.04 Å².